The Balaban J connectivity index is 1.80. The summed E-state index contributed by atoms with van der Waals surface area (Å²) >= 11 is 0. The van der Waals surface area contributed by atoms with Gasteiger partial charge in [0.15, 0.2) is 11.6 Å². The molecule has 0 N–H and O–H groups in total. The molecule has 6 nitrogen and oxygen atoms in total. The van der Waals surface area contributed by atoms with Crippen LogP contribution in [-0.2, 0) is 0 Å². The summed E-state index contributed by atoms with van der Waals surface area (Å²) in [5.41, 5.74) is 1.37. The Kier molecular flexibility index (Phi) is 5.25. The van der Waals surface area contributed by atoms with E-state index in [9.17, 15) is 14.5 Å². The van der Waals surface area contributed by atoms with Crippen LogP contribution in [0.2, 0.25) is 0 Å². The second-order valence-corrected chi connectivity index (χ2v) is 6.27. The molecule has 138 valence electrons. The molecule has 2 aromatic carbocycles. The van der Waals surface area contributed by atoms with E-state index in [0.29, 0.717) is 24.7 Å². The number of nitro benzene ring substituents is 1. The first kappa shape index (κ1) is 18.0. The number of halogens is 1. The fourth-order valence-corrected chi connectivity index (χ4v) is 3.44. The van der Waals surface area contributed by atoms with Crippen molar-refractivity contribution < 1.29 is 18.8 Å². The minimum atomic E-state index is -0.728. The van der Waals surface area contributed by atoms with Crippen molar-refractivity contribution in [1.29, 1.82) is 0 Å². The molecular weight excluding hydrogens is 339 g/mol. The average Bonchev–Trinajstić information content (AvgIpc) is 2.68. The molecule has 2 aromatic rings. The first-order valence-corrected chi connectivity index (χ1v) is 8.44. The lowest BCUT2D eigenvalue weighted by molar-refractivity contribution is -0.384. The predicted octanol–water partition coefficient (Wildman–Crippen LogP) is 4.14. The Hall–Kier alpha value is -2.83. The van der Waals surface area contributed by atoms with Gasteiger partial charge in [0, 0.05) is 19.2 Å². The number of hydrogen-bond donors (Lipinski definition) is 0. The first-order chi connectivity index (χ1) is 12.5. The zero-order valence-corrected chi connectivity index (χ0v) is 14.8. The van der Waals surface area contributed by atoms with Crippen LogP contribution >= 0.6 is 0 Å². The van der Waals surface area contributed by atoms with Gasteiger partial charge in [-0.15, -0.1) is 0 Å². The molecule has 0 amide bonds. The Morgan fingerprint density at radius 3 is 2.50 bits per heavy atom. The molecule has 7 heteroatoms. The third kappa shape index (κ3) is 3.56. The van der Waals surface area contributed by atoms with Gasteiger partial charge in [-0.2, -0.15) is 0 Å². The van der Waals surface area contributed by atoms with Gasteiger partial charge in [0.1, 0.15) is 11.4 Å². The quantitative estimate of drug-likeness (QED) is 0.592. The lowest BCUT2D eigenvalue weighted by Crippen LogP contribution is -2.33. The fourth-order valence-electron chi connectivity index (χ4n) is 3.44. The zero-order chi connectivity index (χ0) is 18.7. The SMILES string of the molecule is COc1cccc(C2CCN(c3cc(OC)c(F)cc3[N+](=O)[O-])CC2)c1. The van der Waals surface area contributed by atoms with Gasteiger partial charge in [-0.25, -0.2) is 4.39 Å². The third-order valence-electron chi connectivity index (χ3n) is 4.85. The van der Waals surface area contributed by atoms with Crippen molar-refractivity contribution in [3.63, 3.8) is 0 Å². The van der Waals surface area contributed by atoms with E-state index in [1.165, 1.54) is 18.7 Å². The third-order valence-corrected chi connectivity index (χ3v) is 4.85. The summed E-state index contributed by atoms with van der Waals surface area (Å²) in [4.78, 5) is 12.7. The van der Waals surface area contributed by atoms with Crippen LogP contribution in [0.15, 0.2) is 36.4 Å². The molecular formula is C19H21FN2O4. The van der Waals surface area contributed by atoms with Gasteiger partial charge in [0.2, 0.25) is 0 Å². The van der Waals surface area contributed by atoms with Crippen LogP contribution in [0.1, 0.15) is 24.3 Å². The molecule has 0 saturated carbocycles. The number of ether oxygens (including phenoxy) is 2. The number of benzene rings is 2. The summed E-state index contributed by atoms with van der Waals surface area (Å²) in [6, 6.07) is 10.3. The monoisotopic (exact) mass is 360 g/mol. The summed E-state index contributed by atoms with van der Waals surface area (Å²) in [6.45, 7) is 1.30. The summed E-state index contributed by atoms with van der Waals surface area (Å²) in [7, 11) is 2.99. The van der Waals surface area contributed by atoms with Crippen molar-refractivity contribution in [2.24, 2.45) is 0 Å². The molecule has 0 radical (unpaired) electrons. The van der Waals surface area contributed by atoms with Crippen molar-refractivity contribution >= 4 is 11.4 Å². The molecule has 26 heavy (non-hydrogen) atoms. The molecule has 1 saturated heterocycles. The molecule has 0 aromatic heterocycles. The highest BCUT2D eigenvalue weighted by molar-refractivity contribution is 5.66. The van der Waals surface area contributed by atoms with E-state index in [-0.39, 0.29) is 11.4 Å². The standard InChI is InChI=1S/C19H21FN2O4/c1-25-15-5-3-4-14(10-15)13-6-8-21(9-7-13)17-12-19(26-2)16(20)11-18(17)22(23)24/h3-5,10-13H,6-9H2,1-2H3. The van der Waals surface area contributed by atoms with E-state index in [1.807, 2.05) is 23.1 Å². The molecule has 1 aliphatic heterocycles. The molecule has 0 aliphatic carbocycles. The Labute approximate surface area is 151 Å². The van der Waals surface area contributed by atoms with Gasteiger partial charge in [-0.1, -0.05) is 12.1 Å². The van der Waals surface area contributed by atoms with Crippen molar-refractivity contribution in [2.45, 2.75) is 18.8 Å². The van der Waals surface area contributed by atoms with Crippen LogP contribution in [0.25, 0.3) is 0 Å². The maximum Gasteiger partial charge on any atom is 0.295 e. The van der Waals surface area contributed by atoms with Crippen molar-refractivity contribution in [2.75, 3.05) is 32.2 Å². The zero-order valence-electron chi connectivity index (χ0n) is 14.8. The van der Waals surface area contributed by atoms with E-state index in [0.717, 1.165) is 24.7 Å². The Morgan fingerprint density at radius 2 is 1.88 bits per heavy atom. The van der Waals surface area contributed by atoms with Crippen molar-refractivity contribution in [3.8, 4) is 11.5 Å². The topological polar surface area (TPSA) is 64.8 Å². The van der Waals surface area contributed by atoms with Gasteiger partial charge in [0.05, 0.1) is 25.2 Å². The Morgan fingerprint density at radius 1 is 1.15 bits per heavy atom. The molecule has 0 atom stereocenters. The summed E-state index contributed by atoms with van der Waals surface area (Å²) in [5.74, 6) is 0.473. The lowest BCUT2D eigenvalue weighted by atomic mass is 9.89. The molecule has 1 heterocycles. The Bertz CT molecular complexity index is 804. The van der Waals surface area contributed by atoms with Crippen LogP contribution in [-0.4, -0.2) is 32.2 Å². The van der Waals surface area contributed by atoms with Gasteiger partial charge >= 0.3 is 0 Å². The maximum atomic E-state index is 13.9. The average molecular weight is 360 g/mol. The molecule has 0 unspecified atom stereocenters. The van der Waals surface area contributed by atoms with Crippen LogP contribution in [0.4, 0.5) is 15.8 Å². The molecule has 0 bridgehead atoms. The van der Waals surface area contributed by atoms with E-state index in [2.05, 4.69) is 6.07 Å². The van der Waals surface area contributed by atoms with Crippen LogP contribution in [0, 0.1) is 15.9 Å². The fraction of sp³-hybridized carbons (Fsp3) is 0.368. The number of rotatable bonds is 5. The van der Waals surface area contributed by atoms with Gasteiger partial charge in [0.25, 0.3) is 5.69 Å². The van der Waals surface area contributed by atoms with E-state index in [4.69, 9.17) is 9.47 Å². The van der Waals surface area contributed by atoms with Crippen LogP contribution < -0.4 is 14.4 Å². The van der Waals surface area contributed by atoms with Crippen LogP contribution in [0.5, 0.6) is 11.5 Å². The van der Waals surface area contributed by atoms with E-state index >= 15 is 0 Å². The van der Waals surface area contributed by atoms with E-state index in [1.54, 1.807) is 7.11 Å². The largest absolute Gasteiger partial charge is 0.497 e. The van der Waals surface area contributed by atoms with Crippen molar-refractivity contribution in [3.05, 3.63) is 57.9 Å². The molecule has 3 rings (SSSR count). The number of piperidine rings is 1. The minimum Gasteiger partial charge on any atom is -0.497 e. The van der Waals surface area contributed by atoms with Crippen LogP contribution in [0.3, 0.4) is 0 Å². The number of nitro groups is 1. The van der Waals surface area contributed by atoms with Crippen molar-refractivity contribution in [1.82, 2.24) is 0 Å². The number of hydrogen-bond acceptors (Lipinski definition) is 5. The van der Waals surface area contributed by atoms with E-state index < -0.39 is 10.7 Å². The normalized spacial score (nSPS) is 15.0. The van der Waals surface area contributed by atoms with Gasteiger partial charge in [-0.3, -0.25) is 10.1 Å². The number of methoxy groups -OCH3 is 2. The maximum absolute atomic E-state index is 13.9. The number of anilines is 1. The van der Waals surface area contributed by atoms with Gasteiger partial charge < -0.3 is 14.4 Å². The highest BCUT2D eigenvalue weighted by Gasteiger charge is 2.27. The number of nitrogens with zero attached hydrogens (tertiary/aromatic N) is 2. The highest BCUT2D eigenvalue weighted by atomic mass is 19.1. The highest BCUT2D eigenvalue weighted by Crippen LogP contribution is 2.38. The molecule has 1 aliphatic rings. The molecule has 1 fully saturated rings. The molecule has 0 spiro atoms. The first-order valence-electron chi connectivity index (χ1n) is 8.44. The predicted molar refractivity (Wildman–Crippen MR) is 96.8 cm³/mol. The van der Waals surface area contributed by atoms with Gasteiger partial charge in [-0.05, 0) is 36.5 Å². The second-order valence-electron chi connectivity index (χ2n) is 6.27. The minimum absolute atomic E-state index is 0.0144. The second kappa shape index (κ2) is 7.59. The summed E-state index contributed by atoms with van der Waals surface area (Å²) in [5, 5.41) is 11.3. The lowest BCUT2D eigenvalue weighted by Gasteiger charge is -2.33. The summed E-state index contributed by atoms with van der Waals surface area (Å²) < 4.78 is 24.1. The summed E-state index contributed by atoms with van der Waals surface area (Å²) in [6.07, 6.45) is 1.70. The smallest absolute Gasteiger partial charge is 0.295 e.